The Morgan fingerprint density at radius 2 is 1.59 bits per heavy atom. The first-order valence-corrected chi connectivity index (χ1v) is 11.1. The van der Waals surface area contributed by atoms with Crippen LogP contribution >= 0.6 is 0 Å². The van der Waals surface area contributed by atoms with E-state index >= 15 is 0 Å². The summed E-state index contributed by atoms with van der Waals surface area (Å²) < 4.78 is 26.5. The molecule has 0 atom stereocenters. The number of carbonyl (C=O) groups excluding carboxylic acids is 2. The predicted octanol–water partition coefficient (Wildman–Crippen LogP) is 1.19. The van der Waals surface area contributed by atoms with Gasteiger partial charge in [0.05, 0.1) is 4.90 Å². The van der Waals surface area contributed by atoms with Crippen molar-refractivity contribution < 1.29 is 18.0 Å². The Morgan fingerprint density at radius 3 is 2.22 bits per heavy atom. The lowest BCUT2D eigenvalue weighted by molar-refractivity contribution is -0.139. The van der Waals surface area contributed by atoms with Crippen molar-refractivity contribution in [3.63, 3.8) is 0 Å². The molecule has 1 aromatic rings. The summed E-state index contributed by atoms with van der Waals surface area (Å²) in [5, 5.41) is 5.37. The van der Waals surface area contributed by atoms with Gasteiger partial charge in [-0.3, -0.25) is 9.59 Å². The smallest absolute Gasteiger partial charge is 0.309 e. The normalized spacial score (nSPS) is 18.5. The number of carbonyl (C=O) groups is 2. The third-order valence-corrected chi connectivity index (χ3v) is 7.13. The van der Waals surface area contributed by atoms with Crippen LogP contribution in [0.5, 0.6) is 0 Å². The largest absolute Gasteiger partial charge is 0.348 e. The highest BCUT2D eigenvalue weighted by Gasteiger charge is 2.27. The lowest BCUT2D eigenvalue weighted by Crippen LogP contribution is -2.44. The van der Waals surface area contributed by atoms with E-state index in [9.17, 15) is 18.0 Å². The lowest BCUT2D eigenvalue weighted by Gasteiger charge is -2.15. The Labute approximate surface area is 160 Å². The van der Waals surface area contributed by atoms with Crippen LogP contribution in [-0.2, 0) is 26.0 Å². The molecule has 0 bridgehead atoms. The summed E-state index contributed by atoms with van der Waals surface area (Å²) in [6.45, 7) is 1.49. The van der Waals surface area contributed by atoms with Crippen molar-refractivity contribution in [2.24, 2.45) is 0 Å². The molecule has 1 heterocycles. The molecule has 0 radical (unpaired) electrons. The maximum Gasteiger partial charge on any atom is 0.309 e. The monoisotopic (exact) mass is 393 g/mol. The van der Waals surface area contributed by atoms with Gasteiger partial charge < -0.3 is 10.6 Å². The first kappa shape index (κ1) is 19.8. The highest BCUT2D eigenvalue weighted by molar-refractivity contribution is 7.89. The van der Waals surface area contributed by atoms with Crippen LogP contribution in [0.1, 0.15) is 44.1 Å². The zero-order chi connectivity index (χ0) is 19.3. The van der Waals surface area contributed by atoms with E-state index in [2.05, 4.69) is 10.6 Å². The Kier molecular flexibility index (Phi) is 6.49. The van der Waals surface area contributed by atoms with Gasteiger partial charge in [-0.05, 0) is 49.8 Å². The standard InChI is InChI=1S/C19H27N3O4S/c23-18(19(24)21-16-5-1-2-6-16)20-12-11-15-7-9-17(10-8-15)27(25,26)22-13-3-4-14-22/h7-10,16H,1-6,11-14H2,(H,20,23)(H,21,24). The molecular formula is C19H27N3O4S. The van der Waals surface area contributed by atoms with Gasteiger partial charge in [-0.2, -0.15) is 4.31 Å². The van der Waals surface area contributed by atoms with E-state index in [-0.39, 0.29) is 6.04 Å². The molecule has 0 spiro atoms. The van der Waals surface area contributed by atoms with E-state index in [0.29, 0.717) is 31.0 Å². The summed E-state index contributed by atoms with van der Waals surface area (Å²) in [5.74, 6) is -1.19. The van der Waals surface area contributed by atoms with Crippen LogP contribution in [-0.4, -0.2) is 50.2 Å². The molecule has 2 fully saturated rings. The Hall–Kier alpha value is -1.93. The molecule has 2 N–H and O–H groups in total. The number of nitrogens with zero attached hydrogens (tertiary/aromatic N) is 1. The van der Waals surface area contributed by atoms with Gasteiger partial charge in [0.25, 0.3) is 0 Å². The summed E-state index contributed by atoms with van der Waals surface area (Å²) in [5.41, 5.74) is 0.909. The van der Waals surface area contributed by atoms with Gasteiger partial charge in [0.1, 0.15) is 0 Å². The summed E-state index contributed by atoms with van der Waals surface area (Å²) in [4.78, 5) is 24.0. The maximum absolute atomic E-state index is 12.5. The zero-order valence-electron chi connectivity index (χ0n) is 15.4. The molecule has 148 valence electrons. The van der Waals surface area contributed by atoms with Crippen LogP contribution in [0.4, 0.5) is 0 Å². The Morgan fingerprint density at radius 1 is 0.963 bits per heavy atom. The van der Waals surface area contributed by atoms with Crippen molar-refractivity contribution in [2.45, 2.75) is 55.9 Å². The fraction of sp³-hybridized carbons (Fsp3) is 0.579. The van der Waals surface area contributed by atoms with Gasteiger partial charge in [0, 0.05) is 25.7 Å². The molecule has 1 aliphatic heterocycles. The second-order valence-corrected chi connectivity index (χ2v) is 9.15. The Balaban J connectivity index is 1.45. The van der Waals surface area contributed by atoms with E-state index in [1.165, 1.54) is 4.31 Å². The fourth-order valence-corrected chi connectivity index (χ4v) is 5.14. The number of rotatable bonds is 6. The van der Waals surface area contributed by atoms with Crippen LogP contribution in [0.25, 0.3) is 0 Å². The number of sulfonamides is 1. The minimum atomic E-state index is -3.40. The summed E-state index contributed by atoms with van der Waals surface area (Å²) in [7, 11) is -3.40. The quantitative estimate of drug-likeness (QED) is 0.710. The molecule has 0 unspecified atom stereocenters. The molecule has 1 aliphatic carbocycles. The first-order valence-electron chi connectivity index (χ1n) is 9.64. The van der Waals surface area contributed by atoms with Crippen LogP contribution in [0.15, 0.2) is 29.2 Å². The van der Waals surface area contributed by atoms with Gasteiger partial charge in [0.15, 0.2) is 0 Å². The highest BCUT2D eigenvalue weighted by atomic mass is 32.2. The van der Waals surface area contributed by atoms with Crippen molar-refractivity contribution in [1.29, 1.82) is 0 Å². The number of benzene rings is 1. The summed E-state index contributed by atoms with van der Waals surface area (Å²) in [6, 6.07) is 6.85. The van der Waals surface area contributed by atoms with Gasteiger partial charge in [0.2, 0.25) is 10.0 Å². The van der Waals surface area contributed by atoms with Crippen molar-refractivity contribution in [1.82, 2.24) is 14.9 Å². The van der Waals surface area contributed by atoms with E-state index in [0.717, 1.165) is 44.1 Å². The van der Waals surface area contributed by atoms with Crippen molar-refractivity contribution >= 4 is 21.8 Å². The SMILES string of the molecule is O=C(NCCc1ccc(S(=O)(=O)N2CCCC2)cc1)C(=O)NC1CCCC1. The van der Waals surface area contributed by atoms with Crippen molar-refractivity contribution in [3.8, 4) is 0 Å². The maximum atomic E-state index is 12.5. The number of amides is 2. The second-order valence-electron chi connectivity index (χ2n) is 7.22. The molecule has 2 aliphatic rings. The van der Waals surface area contributed by atoms with Crippen LogP contribution < -0.4 is 10.6 Å². The van der Waals surface area contributed by atoms with Crippen LogP contribution in [0.3, 0.4) is 0 Å². The Bertz CT molecular complexity index is 765. The van der Waals surface area contributed by atoms with Gasteiger partial charge in [-0.15, -0.1) is 0 Å². The fourth-order valence-electron chi connectivity index (χ4n) is 3.63. The average molecular weight is 394 g/mol. The van der Waals surface area contributed by atoms with Gasteiger partial charge in [-0.1, -0.05) is 25.0 Å². The topological polar surface area (TPSA) is 95.6 Å². The van der Waals surface area contributed by atoms with Crippen LogP contribution in [0.2, 0.25) is 0 Å². The summed E-state index contributed by atoms with van der Waals surface area (Å²) >= 11 is 0. The number of hydrogen-bond donors (Lipinski definition) is 2. The van der Waals surface area contributed by atoms with E-state index in [1.807, 2.05) is 0 Å². The third-order valence-electron chi connectivity index (χ3n) is 5.22. The molecule has 2 amide bonds. The third kappa shape index (κ3) is 5.07. The van der Waals surface area contributed by atoms with Crippen LogP contribution in [0, 0.1) is 0 Å². The predicted molar refractivity (Wildman–Crippen MR) is 102 cm³/mol. The van der Waals surface area contributed by atoms with Gasteiger partial charge in [-0.25, -0.2) is 8.42 Å². The molecule has 1 aromatic carbocycles. The van der Waals surface area contributed by atoms with Crippen molar-refractivity contribution in [2.75, 3.05) is 19.6 Å². The molecule has 8 heteroatoms. The molecular weight excluding hydrogens is 366 g/mol. The average Bonchev–Trinajstić information content (AvgIpc) is 3.36. The second kappa shape index (κ2) is 8.84. The highest BCUT2D eigenvalue weighted by Crippen LogP contribution is 2.21. The van der Waals surface area contributed by atoms with E-state index in [4.69, 9.17) is 0 Å². The minimum Gasteiger partial charge on any atom is -0.348 e. The van der Waals surface area contributed by atoms with Crippen molar-refractivity contribution in [3.05, 3.63) is 29.8 Å². The van der Waals surface area contributed by atoms with E-state index < -0.39 is 21.8 Å². The molecule has 1 saturated carbocycles. The van der Waals surface area contributed by atoms with Gasteiger partial charge >= 0.3 is 11.8 Å². The molecule has 7 nitrogen and oxygen atoms in total. The molecule has 3 rings (SSSR count). The molecule has 27 heavy (non-hydrogen) atoms. The zero-order valence-corrected chi connectivity index (χ0v) is 16.3. The van der Waals surface area contributed by atoms with E-state index in [1.54, 1.807) is 24.3 Å². The first-order chi connectivity index (χ1) is 13.0. The molecule has 0 aromatic heterocycles. The lowest BCUT2D eigenvalue weighted by atomic mass is 10.1. The summed E-state index contributed by atoms with van der Waals surface area (Å²) in [6.07, 6.45) is 6.41. The molecule has 1 saturated heterocycles. The number of hydrogen-bond acceptors (Lipinski definition) is 4. The minimum absolute atomic E-state index is 0.119. The number of nitrogens with one attached hydrogen (secondary N) is 2.